The molecule has 2 amide bonds. The van der Waals surface area contributed by atoms with Crippen molar-refractivity contribution in [3.63, 3.8) is 0 Å². The number of carbonyl (C=O) groups is 1. The zero-order valence-electron chi connectivity index (χ0n) is 17.7. The van der Waals surface area contributed by atoms with Crippen LogP contribution >= 0.6 is 0 Å². The number of hydrogen-bond donors (Lipinski definition) is 1. The smallest absolute Gasteiger partial charge is 0.314 e. The SMILES string of the molecule is N#Cc1ccc(N(Cc2ccccc2)C(=O)N/C=C/c2cc(C(F)(F)F)cc(C(F)(F)F)c2)cn1. The molecule has 3 aromatic rings. The molecule has 3 rings (SSSR count). The van der Waals surface area contributed by atoms with Crippen LogP contribution in [0.1, 0.15) is 27.9 Å². The van der Waals surface area contributed by atoms with Gasteiger partial charge in [0.15, 0.2) is 0 Å². The number of hydrogen-bond acceptors (Lipinski definition) is 3. The van der Waals surface area contributed by atoms with Gasteiger partial charge >= 0.3 is 18.4 Å². The van der Waals surface area contributed by atoms with Crippen LogP contribution in [0.2, 0.25) is 0 Å². The summed E-state index contributed by atoms with van der Waals surface area (Å²) in [5.74, 6) is 0. The van der Waals surface area contributed by atoms with Crippen LogP contribution in [-0.4, -0.2) is 11.0 Å². The third-order valence-corrected chi connectivity index (χ3v) is 4.70. The molecule has 0 saturated carbocycles. The first-order valence-corrected chi connectivity index (χ1v) is 9.91. The van der Waals surface area contributed by atoms with E-state index in [4.69, 9.17) is 5.26 Å². The van der Waals surface area contributed by atoms with Gasteiger partial charge in [-0.2, -0.15) is 31.6 Å². The van der Waals surface area contributed by atoms with Gasteiger partial charge in [0.05, 0.1) is 29.6 Å². The Labute approximate surface area is 195 Å². The molecular weight excluding hydrogens is 474 g/mol. The van der Waals surface area contributed by atoms with Gasteiger partial charge in [-0.15, -0.1) is 0 Å². The second kappa shape index (κ2) is 10.3. The number of halogens is 6. The standard InChI is InChI=1S/C24H16F6N4O/c25-23(26,27)18-10-17(11-19(12-18)24(28,29)30)8-9-32-22(35)34(15-16-4-2-1-3-5-16)21-7-6-20(13-31)33-14-21/h1-12,14H,15H2,(H,32,35)/b9-8+. The summed E-state index contributed by atoms with van der Waals surface area (Å²) >= 11 is 0. The molecule has 180 valence electrons. The summed E-state index contributed by atoms with van der Waals surface area (Å²) in [5, 5.41) is 11.3. The van der Waals surface area contributed by atoms with E-state index in [9.17, 15) is 31.1 Å². The number of nitriles is 1. The molecule has 0 atom stereocenters. The van der Waals surface area contributed by atoms with Crippen molar-refractivity contribution in [2.24, 2.45) is 0 Å². The molecule has 0 fully saturated rings. The molecule has 0 unspecified atom stereocenters. The molecule has 0 spiro atoms. The lowest BCUT2D eigenvalue weighted by molar-refractivity contribution is -0.143. The number of amides is 2. The van der Waals surface area contributed by atoms with E-state index in [1.54, 1.807) is 30.3 Å². The highest BCUT2D eigenvalue weighted by molar-refractivity contribution is 5.92. The molecular formula is C24H16F6N4O. The fraction of sp³-hybridized carbons (Fsp3) is 0.125. The van der Waals surface area contributed by atoms with Gasteiger partial charge in [-0.25, -0.2) is 9.78 Å². The molecule has 0 aliphatic carbocycles. The van der Waals surface area contributed by atoms with Crippen molar-refractivity contribution >= 4 is 17.8 Å². The number of rotatable bonds is 5. The van der Waals surface area contributed by atoms with E-state index in [-0.39, 0.29) is 18.3 Å². The zero-order chi connectivity index (χ0) is 25.6. The number of benzene rings is 2. The lowest BCUT2D eigenvalue weighted by atomic mass is 10.0. The number of nitrogens with one attached hydrogen (secondary N) is 1. The van der Waals surface area contributed by atoms with E-state index < -0.39 is 35.1 Å². The van der Waals surface area contributed by atoms with Gasteiger partial charge in [-0.3, -0.25) is 4.90 Å². The summed E-state index contributed by atoms with van der Waals surface area (Å²) < 4.78 is 78.3. The molecule has 0 aliphatic heterocycles. The molecule has 0 radical (unpaired) electrons. The van der Waals surface area contributed by atoms with E-state index >= 15 is 0 Å². The van der Waals surface area contributed by atoms with Crippen LogP contribution in [0, 0.1) is 11.3 Å². The Kier molecular flexibility index (Phi) is 7.44. The fourth-order valence-electron chi connectivity index (χ4n) is 3.02. The lowest BCUT2D eigenvalue weighted by Gasteiger charge is -2.22. The van der Waals surface area contributed by atoms with Crippen LogP contribution in [0.25, 0.3) is 6.08 Å². The van der Waals surface area contributed by atoms with Crippen molar-refractivity contribution in [1.29, 1.82) is 5.26 Å². The van der Waals surface area contributed by atoms with Gasteiger partial charge in [0.2, 0.25) is 0 Å². The normalized spacial score (nSPS) is 11.8. The van der Waals surface area contributed by atoms with E-state index in [0.29, 0.717) is 17.8 Å². The maximum Gasteiger partial charge on any atom is 0.416 e. The first-order valence-electron chi connectivity index (χ1n) is 9.91. The van der Waals surface area contributed by atoms with Crippen molar-refractivity contribution < 1.29 is 31.1 Å². The van der Waals surface area contributed by atoms with Crippen molar-refractivity contribution in [3.05, 3.63) is 101 Å². The van der Waals surface area contributed by atoms with Gasteiger partial charge in [0.25, 0.3) is 0 Å². The summed E-state index contributed by atoms with van der Waals surface area (Å²) in [6.45, 7) is 0.0792. The number of urea groups is 1. The first-order chi connectivity index (χ1) is 16.5. The van der Waals surface area contributed by atoms with Crippen LogP contribution in [0.3, 0.4) is 0 Å². The fourth-order valence-corrected chi connectivity index (χ4v) is 3.02. The van der Waals surface area contributed by atoms with Crippen molar-refractivity contribution in [2.75, 3.05) is 4.90 Å². The first kappa shape index (κ1) is 25.3. The van der Waals surface area contributed by atoms with Gasteiger partial charge < -0.3 is 5.32 Å². The van der Waals surface area contributed by atoms with Gasteiger partial charge in [0, 0.05) is 6.20 Å². The Morgan fingerprint density at radius 2 is 1.60 bits per heavy atom. The van der Waals surface area contributed by atoms with Crippen molar-refractivity contribution in [1.82, 2.24) is 10.3 Å². The van der Waals surface area contributed by atoms with Gasteiger partial charge in [-0.05, 0) is 47.5 Å². The third-order valence-electron chi connectivity index (χ3n) is 4.70. The Balaban J connectivity index is 1.86. The van der Waals surface area contributed by atoms with Crippen LogP contribution in [0.4, 0.5) is 36.8 Å². The van der Waals surface area contributed by atoms with Crippen LogP contribution < -0.4 is 10.2 Å². The van der Waals surface area contributed by atoms with E-state index in [2.05, 4.69) is 10.3 Å². The van der Waals surface area contributed by atoms with E-state index in [0.717, 1.165) is 17.8 Å². The van der Waals surface area contributed by atoms with E-state index in [1.807, 2.05) is 6.07 Å². The number of alkyl halides is 6. The van der Waals surface area contributed by atoms with Crippen molar-refractivity contribution in [2.45, 2.75) is 18.9 Å². The van der Waals surface area contributed by atoms with Gasteiger partial charge in [-0.1, -0.05) is 30.3 Å². The molecule has 1 heterocycles. The summed E-state index contributed by atoms with van der Waals surface area (Å²) in [7, 11) is 0. The minimum absolute atomic E-state index is 0.0232. The Bertz CT molecular complexity index is 1210. The monoisotopic (exact) mass is 490 g/mol. The number of aromatic nitrogens is 1. The van der Waals surface area contributed by atoms with Crippen LogP contribution in [0.15, 0.2) is 73.1 Å². The molecule has 1 N–H and O–H groups in total. The predicted octanol–water partition coefficient (Wildman–Crippen LogP) is 6.38. The second-order valence-corrected chi connectivity index (χ2v) is 7.21. The van der Waals surface area contributed by atoms with Crippen molar-refractivity contribution in [3.8, 4) is 6.07 Å². The average molecular weight is 490 g/mol. The van der Waals surface area contributed by atoms with Gasteiger partial charge in [0.1, 0.15) is 11.8 Å². The summed E-state index contributed by atoms with van der Waals surface area (Å²) in [6.07, 6.45) is -6.79. The second-order valence-electron chi connectivity index (χ2n) is 7.21. The molecule has 0 bridgehead atoms. The maximum absolute atomic E-state index is 13.0. The molecule has 11 heteroatoms. The molecule has 2 aromatic carbocycles. The third kappa shape index (κ3) is 6.83. The molecule has 35 heavy (non-hydrogen) atoms. The zero-order valence-corrected chi connectivity index (χ0v) is 17.7. The average Bonchev–Trinajstić information content (AvgIpc) is 2.82. The quantitative estimate of drug-likeness (QED) is 0.422. The minimum atomic E-state index is -4.98. The summed E-state index contributed by atoms with van der Waals surface area (Å²) in [5.41, 5.74) is -2.15. The van der Waals surface area contributed by atoms with E-state index in [1.165, 1.54) is 23.2 Å². The summed E-state index contributed by atoms with van der Waals surface area (Å²) in [6, 6.07) is 13.9. The predicted molar refractivity (Wildman–Crippen MR) is 116 cm³/mol. The highest BCUT2D eigenvalue weighted by atomic mass is 19.4. The Morgan fingerprint density at radius 1 is 0.971 bits per heavy atom. The minimum Gasteiger partial charge on any atom is -0.314 e. The largest absolute Gasteiger partial charge is 0.416 e. The molecule has 0 saturated heterocycles. The maximum atomic E-state index is 13.0. The van der Waals surface area contributed by atoms with Crippen LogP contribution in [0.5, 0.6) is 0 Å². The Morgan fingerprint density at radius 3 is 2.11 bits per heavy atom. The highest BCUT2D eigenvalue weighted by Crippen LogP contribution is 2.36. The lowest BCUT2D eigenvalue weighted by Crippen LogP contribution is -2.37. The number of nitrogens with zero attached hydrogens (tertiary/aromatic N) is 3. The van der Waals surface area contributed by atoms with Crippen LogP contribution in [-0.2, 0) is 18.9 Å². The molecule has 0 aliphatic rings. The number of carbonyl (C=O) groups excluding carboxylic acids is 1. The molecule has 1 aromatic heterocycles. The number of anilines is 1. The topological polar surface area (TPSA) is 69.0 Å². The summed E-state index contributed by atoms with van der Waals surface area (Å²) in [4.78, 5) is 18.0. The molecule has 5 nitrogen and oxygen atoms in total. The number of pyridine rings is 1. The Hall–Kier alpha value is -4.33. The highest BCUT2D eigenvalue weighted by Gasteiger charge is 2.36.